The fourth-order valence-electron chi connectivity index (χ4n) is 3.71. The van der Waals surface area contributed by atoms with E-state index in [-0.39, 0.29) is 15.6 Å². The topological polar surface area (TPSA) is 84.8 Å². The molecule has 0 amide bonds. The van der Waals surface area contributed by atoms with Gasteiger partial charge in [-0.3, -0.25) is 4.98 Å². The molecule has 4 rings (SSSR count). The van der Waals surface area contributed by atoms with Crippen LogP contribution in [-0.2, 0) is 9.84 Å². The number of sulfone groups is 1. The zero-order chi connectivity index (χ0) is 22.9. The average Bonchev–Trinajstić information content (AvgIpc) is 2.77. The normalized spacial score (nSPS) is 11.4. The zero-order valence-electron chi connectivity index (χ0n) is 18.4. The second-order valence-electron chi connectivity index (χ2n) is 7.77. The number of aromatic nitrogens is 3. The molecule has 6 nitrogen and oxygen atoms in total. The highest BCUT2D eigenvalue weighted by Gasteiger charge is 2.24. The summed E-state index contributed by atoms with van der Waals surface area (Å²) in [6, 6.07) is 16.4. The number of hydrogen-bond acceptors (Lipinski definition) is 6. The summed E-state index contributed by atoms with van der Waals surface area (Å²) in [6.07, 6.45) is 3.07. The Morgan fingerprint density at radius 3 is 2.16 bits per heavy atom. The van der Waals surface area contributed by atoms with Crippen molar-refractivity contribution in [3.8, 4) is 11.3 Å². The molecule has 0 saturated heterocycles. The molecule has 0 saturated carbocycles. The van der Waals surface area contributed by atoms with Crippen molar-refractivity contribution < 1.29 is 8.42 Å². The number of anilines is 2. The van der Waals surface area contributed by atoms with E-state index in [4.69, 9.17) is 0 Å². The Hall–Kier alpha value is -3.58. The number of pyridine rings is 1. The highest BCUT2D eigenvalue weighted by atomic mass is 32.2. The molecule has 0 fully saturated rings. The Balaban J connectivity index is 1.75. The standard InChI is InChI=1S/C25H24N4O2S/c1-16-13-17(2)24(18(3)14-16)29-25-23(15-27-19(4)28-25)32(30,31)21-10-8-20(9-11-21)22-7-5-6-12-26-22/h5-15H,1-4H3,(H,27,28,29). The van der Waals surface area contributed by atoms with Crippen LogP contribution in [0.3, 0.4) is 0 Å². The summed E-state index contributed by atoms with van der Waals surface area (Å²) < 4.78 is 27.0. The maximum atomic E-state index is 13.5. The quantitative estimate of drug-likeness (QED) is 0.447. The highest BCUT2D eigenvalue weighted by molar-refractivity contribution is 7.91. The van der Waals surface area contributed by atoms with Gasteiger partial charge in [-0.05, 0) is 63.1 Å². The van der Waals surface area contributed by atoms with Gasteiger partial charge in [-0.2, -0.15) is 0 Å². The third kappa shape index (κ3) is 4.24. The first-order valence-electron chi connectivity index (χ1n) is 10.2. The average molecular weight is 445 g/mol. The monoisotopic (exact) mass is 444 g/mol. The molecule has 0 aliphatic carbocycles. The van der Waals surface area contributed by atoms with Gasteiger partial charge in [-0.25, -0.2) is 18.4 Å². The van der Waals surface area contributed by atoms with E-state index in [1.165, 1.54) is 6.20 Å². The van der Waals surface area contributed by atoms with Gasteiger partial charge in [0.1, 0.15) is 10.7 Å². The lowest BCUT2D eigenvalue weighted by Gasteiger charge is -2.16. The Morgan fingerprint density at radius 2 is 1.53 bits per heavy atom. The van der Waals surface area contributed by atoms with E-state index in [1.54, 1.807) is 37.4 Å². The molecule has 4 aromatic rings. The number of aryl methyl sites for hydroxylation is 4. The summed E-state index contributed by atoms with van der Waals surface area (Å²) in [4.78, 5) is 13.1. The van der Waals surface area contributed by atoms with Crippen molar-refractivity contribution in [3.63, 3.8) is 0 Å². The summed E-state index contributed by atoms with van der Waals surface area (Å²) in [5.41, 5.74) is 5.64. The molecule has 162 valence electrons. The van der Waals surface area contributed by atoms with Gasteiger partial charge >= 0.3 is 0 Å². The molecule has 0 spiro atoms. The molecule has 0 atom stereocenters. The van der Waals surface area contributed by atoms with Gasteiger partial charge in [-0.1, -0.05) is 35.9 Å². The number of benzene rings is 2. The third-order valence-corrected chi connectivity index (χ3v) is 6.98. The number of nitrogens with zero attached hydrogens (tertiary/aromatic N) is 3. The van der Waals surface area contributed by atoms with Crippen molar-refractivity contribution in [1.82, 2.24) is 15.0 Å². The van der Waals surface area contributed by atoms with Crippen LogP contribution in [0.2, 0.25) is 0 Å². The minimum Gasteiger partial charge on any atom is -0.339 e. The van der Waals surface area contributed by atoms with Crippen LogP contribution in [0, 0.1) is 27.7 Å². The van der Waals surface area contributed by atoms with Crippen LogP contribution in [0.1, 0.15) is 22.5 Å². The van der Waals surface area contributed by atoms with Crippen molar-refractivity contribution in [2.24, 2.45) is 0 Å². The van der Waals surface area contributed by atoms with Crippen molar-refractivity contribution in [2.45, 2.75) is 37.5 Å². The maximum Gasteiger partial charge on any atom is 0.211 e. The molecule has 0 aliphatic rings. The summed E-state index contributed by atoms with van der Waals surface area (Å²) in [5, 5.41) is 3.25. The van der Waals surface area contributed by atoms with Crippen molar-refractivity contribution in [1.29, 1.82) is 0 Å². The largest absolute Gasteiger partial charge is 0.339 e. The molecule has 2 aromatic heterocycles. The minimum absolute atomic E-state index is 0.0352. The smallest absolute Gasteiger partial charge is 0.211 e. The summed E-state index contributed by atoms with van der Waals surface area (Å²) in [5.74, 6) is 0.751. The molecule has 0 aliphatic heterocycles. The van der Waals surface area contributed by atoms with E-state index in [0.717, 1.165) is 33.6 Å². The number of rotatable bonds is 5. The summed E-state index contributed by atoms with van der Waals surface area (Å²) in [6.45, 7) is 7.74. The van der Waals surface area contributed by atoms with Gasteiger partial charge in [-0.15, -0.1) is 0 Å². The Labute approximate surface area is 188 Å². The van der Waals surface area contributed by atoms with Crippen LogP contribution in [-0.4, -0.2) is 23.4 Å². The van der Waals surface area contributed by atoms with Crippen molar-refractivity contribution in [2.75, 3.05) is 5.32 Å². The number of nitrogens with one attached hydrogen (secondary N) is 1. The summed E-state index contributed by atoms with van der Waals surface area (Å²) in [7, 11) is -3.85. The molecule has 2 heterocycles. The molecule has 7 heteroatoms. The van der Waals surface area contributed by atoms with Gasteiger partial charge < -0.3 is 5.32 Å². The first-order valence-corrected chi connectivity index (χ1v) is 11.7. The van der Waals surface area contributed by atoms with Gasteiger partial charge in [0.15, 0.2) is 5.82 Å². The fraction of sp³-hybridized carbons (Fsp3) is 0.160. The van der Waals surface area contributed by atoms with E-state index in [9.17, 15) is 8.42 Å². The van der Waals surface area contributed by atoms with E-state index in [2.05, 4.69) is 20.3 Å². The molecular weight excluding hydrogens is 420 g/mol. The van der Waals surface area contributed by atoms with E-state index >= 15 is 0 Å². The van der Waals surface area contributed by atoms with Crippen LogP contribution in [0.15, 0.2) is 76.8 Å². The van der Waals surface area contributed by atoms with E-state index < -0.39 is 9.84 Å². The lowest BCUT2D eigenvalue weighted by Crippen LogP contribution is -2.10. The molecule has 2 aromatic carbocycles. The molecule has 1 N–H and O–H groups in total. The molecule has 32 heavy (non-hydrogen) atoms. The lowest BCUT2D eigenvalue weighted by atomic mass is 10.1. The Kier molecular flexibility index (Phi) is 5.76. The van der Waals surface area contributed by atoms with E-state index in [0.29, 0.717) is 5.82 Å². The van der Waals surface area contributed by atoms with Crippen LogP contribution in [0.5, 0.6) is 0 Å². The van der Waals surface area contributed by atoms with Crippen LogP contribution >= 0.6 is 0 Å². The van der Waals surface area contributed by atoms with Gasteiger partial charge in [0, 0.05) is 17.4 Å². The van der Waals surface area contributed by atoms with E-state index in [1.807, 2.05) is 51.1 Å². The van der Waals surface area contributed by atoms with Crippen molar-refractivity contribution >= 4 is 21.3 Å². The van der Waals surface area contributed by atoms with Crippen LogP contribution < -0.4 is 5.32 Å². The number of hydrogen-bond donors (Lipinski definition) is 1. The van der Waals surface area contributed by atoms with Gasteiger partial charge in [0.05, 0.1) is 16.8 Å². The predicted molar refractivity (Wildman–Crippen MR) is 126 cm³/mol. The Morgan fingerprint density at radius 1 is 0.844 bits per heavy atom. The molecular formula is C25H24N4O2S. The first kappa shape index (κ1) is 21.6. The second-order valence-corrected chi connectivity index (χ2v) is 9.69. The van der Waals surface area contributed by atoms with Gasteiger partial charge in [0.2, 0.25) is 9.84 Å². The van der Waals surface area contributed by atoms with Crippen LogP contribution in [0.25, 0.3) is 11.3 Å². The lowest BCUT2D eigenvalue weighted by molar-refractivity contribution is 0.595. The highest BCUT2D eigenvalue weighted by Crippen LogP contribution is 2.32. The zero-order valence-corrected chi connectivity index (χ0v) is 19.2. The SMILES string of the molecule is Cc1cc(C)c(Nc2nc(C)ncc2S(=O)(=O)c2ccc(-c3ccccn3)cc2)c(C)c1. The minimum atomic E-state index is -3.85. The third-order valence-electron chi connectivity index (χ3n) is 5.21. The molecule has 0 bridgehead atoms. The first-order chi connectivity index (χ1) is 15.3. The molecule has 0 unspecified atom stereocenters. The van der Waals surface area contributed by atoms with Crippen molar-refractivity contribution in [3.05, 3.63) is 89.5 Å². The van der Waals surface area contributed by atoms with Gasteiger partial charge in [0.25, 0.3) is 0 Å². The second kappa shape index (κ2) is 8.51. The fourth-order valence-corrected chi connectivity index (χ4v) is 5.00. The molecule has 0 radical (unpaired) electrons. The van der Waals surface area contributed by atoms with Crippen LogP contribution in [0.4, 0.5) is 11.5 Å². The Bertz CT molecular complexity index is 1360. The summed E-state index contributed by atoms with van der Waals surface area (Å²) >= 11 is 0. The maximum absolute atomic E-state index is 13.5. The predicted octanol–water partition coefficient (Wildman–Crippen LogP) is 5.35.